The molecule has 3 unspecified atom stereocenters. The zero-order chi connectivity index (χ0) is 10.3. The molecule has 0 aromatic heterocycles. The first-order valence-corrected chi connectivity index (χ1v) is 6.26. The molecule has 0 aromatic carbocycles. The van der Waals surface area contributed by atoms with Gasteiger partial charge in [-0.15, -0.1) is 0 Å². The summed E-state index contributed by atoms with van der Waals surface area (Å²) >= 11 is 3.39. The minimum Gasteiger partial charge on any atom is -0.352 e. The highest BCUT2D eigenvalue weighted by atomic mass is 79.9. The lowest BCUT2D eigenvalue weighted by atomic mass is 9.95. The van der Waals surface area contributed by atoms with E-state index >= 15 is 0 Å². The third-order valence-corrected chi connectivity index (χ3v) is 3.95. The van der Waals surface area contributed by atoms with Crippen LogP contribution in [0.5, 0.6) is 0 Å². The maximum absolute atomic E-state index is 11.7. The van der Waals surface area contributed by atoms with Crippen molar-refractivity contribution in [1.82, 2.24) is 5.32 Å². The smallest absolute Gasteiger partial charge is 0.236 e. The third-order valence-electron chi connectivity index (χ3n) is 3.59. The molecule has 1 amide bonds. The van der Waals surface area contributed by atoms with E-state index in [1.165, 1.54) is 25.7 Å². The fourth-order valence-electron chi connectivity index (χ4n) is 2.76. The van der Waals surface area contributed by atoms with Crippen LogP contribution in [0.25, 0.3) is 0 Å². The first-order chi connectivity index (χ1) is 6.47. The Balaban J connectivity index is 1.90. The van der Waals surface area contributed by atoms with Crippen LogP contribution in [-0.2, 0) is 4.79 Å². The van der Waals surface area contributed by atoms with Gasteiger partial charge in [0.2, 0.25) is 5.91 Å². The first kappa shape index (κ1) is 10.5. The van der Waals surface area contributed by atoms with Crippen molar-refractivity contribution >= 4 is 21.8 Å². The zero-order valence-corrected chi connectivity index (χ0v) is 10.4. The summed E-state index contributed by atoms with van der Waals surface area (Å²) in [5, 5.41) is 3.16. The Labute approximate surface area is 94.0 Å². The van der Waals surface area contributed by atoms with Crippen LogP contribution >= 0.6 is 15.9 Å². The Morgan fingerprint density at radius 2 is 2.07 bits per heavy atom. The fourth-order valence-corrected chi connectivity index (χ4v) is 2.88. The standard InChI is InChI=1S/C11H18BrNO/c1-11(2,12)10(14)13-9-6-7-3-4-8(9)5-7/h7-9H,3-6H2,1-2H3,(H,13,14). The number of hydrogen-bond acceptors (Lipinski definition) is 1. The summed E-state index contributed by atoms with van der Waals surface area (Å²) in [4.78, 5) is 11.7. The van der Waals surface area contributed by atoms with Crippen LogP contribution < -0.4 is 5.32 Å². The lowest BCUT2D eigenvalue weighted by Crippen LogP contribution is -2.45. The van der Waals surface area contributed by atoms with E-state index in [9.17, 15) is 4.79 Å². The molecule has 2 aliphatic rings. The Hall–Kier alpha value is -0.0500. The van der Waals surface area contributed by atoms with Crippen LogP contribution in [0, 0.1) is 11.8 Å². The summed E-state index contributed by atoms with van der Waals surface area (Å²) in [6, 6.07) is 0.457. The lowest BCUT2D eigenvalue weighted by molar-refractivity contribution is -0.123. The molecule has 2 nitrogen and oxygen atoms in total. The lowest BCUT2D eigenvalue weighted by Gasteiger charge is -2.26. The average molecular weight is 260 g/mol. The van der Waals surface area contributed by atoms with Crippen molar-refractivity contribution in [3.63, 3.8) is 0 Å². The molecule has 14 heavy (non-hydrogen) atoms. The molecule has 80 valence electrons. The predicted molar refractivity (Wildman–Crippen MR) is 60.4 cm³/mol. The third kappa shape index (κ3) is 1.97. The van der Waals surface area contributed by atoms with Crippen LogP contribution in [0.3, 0.4) is 0 Å². The Kier molecular flexibility index (Phi) is 2.63. The van der Waals surface area contributed by atoms with Gasteiger partial charge in [0.1, 0.15) is 0 Å². The highest BCUT2D eigenvalue weighted by Crippen LogP contribution is 2.44. The minimum absolute atomic E-state index is 0.134. The van der Waals surface area contributed by atoms with E-state index in [0.717, 1.165) is 11.8 Å². The van der Waals surface area contributed by atoms with Crippen molar-refractivity contribution in [3.8, 4) is 0 Å². The number of rotatable bonds is 2. The minimum atomic E-state index is -0.422. The van der Waals surface area contributed by atoms with Gasteiger partial charge >= 0.3 is 0 Å². The van der Waals surface area contributed by atoms with Crippen molar-refractivity contribution in [1.29, 1.82) is 0 Å². The van der Waals surface area contributed by atoms with Crippen molar-refractivity contribution in [2.45, 2.75) is 49.9 Å². The summed E-state index contributed by atoms with van der Waals surface area (Å²) in [6.45, 7) is 3.80. The van der Waals surface area contributed by atoms with E-state index in [0.29, 0.717) is 6.04 Å². The molecule has 2 saturated carbocycles. The summed E-state index contributed by atoms with van der Waals surface area (Å²) < 4.78 is -0.422. The molecule has 0 spiro atoms. The number of carbonyl (C=O) groups is 1. The van der Waals surface area contributed by atoms with Crippen molar-refractivity contribution in [3.05, 3.63) is 0 Å². The molecular formula is C11H18BrNO. The van der Waals surface area contributed by atoms with Gasteiger partial charge in [-0.3, -0.25) is 4.79 Å². The van der Waals surface area contributed by atoms with Crippen molar-refractivity contribution < 1.29 is 4.79 Å². The van der Waals surface area contributed by atoms with Crippen LogP contribution in [-0.4, -0.2) is 16.3 Å². The number of nitrogens with one attached hydrogen (secondary N) is 1. The molecule has 0 aliphatic heterocycles. The molecule has 2 fully saturated rings. The van der Waals surface area contributed by atoms with Gasteiger partial charge in [0.05, 0.1) is 4.32 Å². The van der Waals surface area contributed by atoms with E-state index in [1.807, 2.05) is 13.8 Å². The number of amides is 1. The second kappa shape index (κ2) is 3.51. The van der Waals surface area contributed by atoms with Crippen LogP contribution in [0.2, 0.25) is 0 Å². The van der Waals surface area contributed by atoms with Crippen LogP contribution in [0.4, 0.5) is 0 Å². The fraction of sp³-hybridized carbons (Fsp3) is 0.909. The molecule has 3 atom stereocenters. The molecule has 0 radical (unpaired) electrons. The van der Waals surface area contributed by atoms with E-state index in [4.69, 9.17) is 0 Å². The Bertz CT molecular complexity index is 246. The molecule has 0 aromatic rings. The quantitative estimate of drug-likeness (QED) is 0.759. The van der Waals surface area contributed by atoms with Gasteiger partial charge in [-0.05, 0) is 44.9 Å². The van der Waals surface area contributed by atoms with Crippen molar-refractivity contribution in [2.75, 3.05) is 0 Å². The maximum Gasteiger partial charge on any atom is 0.236 e. The van der Waals surface area contributed by atoms with Gasteiger partial charge < -0.3 is 5.32 Å². The van der Waals surface area contributed by atoms with Crippen molar-refractivity contribution in [2.24, 2.45) is 11.8 Å². The van der Waals surface area contributed by atoms with Crippen LogP contribution in [0.15, 0.2) is 0 Å². The molecule has 0 heterocycles. The topological polar surface area (TPSA) is 29.1 Å². The highest BCUT2D eigenvalue weighted by Gasteiger charge is 2.41. The SMILES string of the molecule is CC(C)(Br)C(=O)NC1CC2CCC1C2. The summed E-state index contributed by atoms with van der Waals surface area (Å²) in [6.07, 6.45) is 5.25. The zero-order valence-electron chi connectivity index (χ0n) is 8.85. The molecule has 3 heteroatoms. The van der Waals surface area contributed by atoms with Gasteiger partial charge in [-0.1, -0.05) is 22.4 Å². The normalized spacial score (nSPS) is 36.1. The van der Waals surface area contributed by atoms with Gasteiger partial charge in [-0.25, -0.2) is 0 Å². The van der Waals surface area contributed by atoms with Gasteiger partial charge in [-0.2, -0.15) is 0 Å². The van der Waals surface area contributed by atoms with E-state index < -0.39 is 4.32 Å². The number of carbonyl (C=O) groups excluding carboxylic acids is 1. The van der Waals surface area contributed by atoms with E-state index in [2.05, 4.69) is 21.2 Å². The van der Waals surface area contributed by atoms with Crippen LogP contribution in [0.1, 0.15) is 39.5 Å². The highest BCUT2D eigenvalue weighted by molar-refractivity contribution is 9.10. The van der Waals surface area contributed by atoms with Gasteiger partial charge in [0, 0.05) is 6.04 Å². The Morgan fingerprint density at radius 3 is 2.50 bits per heavy atom. The summed E-state index contributed by atoms with van der Waals surface area (Å²) in [5.74, 6) is 1.79. The Morgan fingerprint density at radius 1 is 1.36 bits per heavy atom. The molecule has 2 bridgehead atoms. The molecular weight excluding hydrogens is 242 g/mol. The second-order valence-corrected chi connectivity index (χ2v) is 7.21. The predicted octanol–water partition coefficient (Wildman–Crippen LogP) is 2.46. The number of hydrogen-bond donors (Lipinski definition) is 1. The summed E-state index contributed by atoms with van der Waals surface area (Å²) in [7, 11) is 0. The monoisotopic (exact) mass is 259 g/mol. The average Bonchev–Trinajstić information content (AvgIpc) is 2.62. The van der Waals surface area contributed by atoms with E-state index in [1.54, 1.807) is 0 Å². The second-order valence-electron chi connectivity index (χ2n) is 5.23. The number of halogens is 1. The first-order valence-electron chi connectivity index (χ1n) is 5.46. The van der Waals surface area contributed by atoms with Gasteiger partial charge in [0.25, 0.3) is 0 Å². The molecule has 2 aliphatic carbocycles. The van der Waals surface area contributed by atoms with Gasteiger partial charge in [0.15, 0.2) is 0 Å². The van der Waals surface area contributed by atoms with E-state index in [-0.39, 0.29) is 5.91 Å². The number of alkyl halides is 1. The largest absolute Gasteiger partial charge is 0.352 e. The number of fused-ring (bicyclic) bond motifs is 2. The summed E-state index contributed by atoms with van der Waals surface area (Å²) in [5.41, 5.74) is 0. The molecule has 2 rings (SSSR count). The molecule has 1 N–H and O–H groups in total. The molecule has 0 saturated heterocycles. The maximum atomic E-state index is 11.7.